The molecule has 0 unspecified atom stereocenters. The maximum atomic E-state index is 12.7. The Morgan fingerprint density at radius 2 is 2.00 bits per heavy atom. The molecule has 1 aromatic rings. The van der Waals surface area contributed by atoms with E-state index in [4.69, 9.17) is 0 Å². The van der Waals surface area contributed by atoms with E-state index < -0.39 is 11.4 Å². The van der Waals surface area contributed by atoms with Crippen LogP contribution in [0.3, 0.4) is 0 Å². The smallest absolute Gasteiger partial charge is 0.310 e. The fraction of sp³-hybridized carbons (Fsp3) is 0.632. The highest BCUT2D eigenvalue weighted by Crippen LogP contribution is 2.40. The lowest BCUT2D eigenvalue weighted by Gasteiger charge is -2.27. The van der Waals surface area contributed by atoms with E-state index in [2.05, 4.69) is 16.3 Å². The molecule has 140 valence electrons. The molecule has 26 heavy (non-hydrogen) atoms. The van der Waals surface area contributed by atoms with E-state index in [0.29, 0.717) is 23.4 Å². The number of carboxylic acid groups (broad SMARTS) is 1. The second kappa shape index (κ2) is 7.77. The summed E-state index contributed by atoms with van der Waals surface area (Å²) >= 11 is 1.45. The van der Waals surface area contributed by atoms with Crippen molar-refractivity contribution in [2.45, 2.75) is 57.9 Å². The topological polar surface area (TPSA) is 93.4 Å². The average molecular weight is 375 g/mol. The molecule has 2 aliphatic rings. The third-order valence-corrected chi connectivity index (χ3v) is 6.76. The quantitative estimate of drug-likeness (QED) is 0.787. The lowest BCUT2D eigenvalue weighted by Crippen LogP contribution is -2.35. The number of amides is 1. The lowest BCUT2D eigenvalue weighted by atomic mass is 9.77. The van der Waals surface area contributed by atoms with Crippen LogP contribution in [0, 0.1) is 16.7 Å². The third kappa shape index (κ3) is 3.76. The molecule has 0 bridgehead atoms. The van der Waals surface area contributed by atoms with E-state index in [9.17, 15) is 20.0 Å². The van der Waals surface area contributed by atoms with Gasteiger partial charge in [-0.2, -0.15) is 5.26 Å². The molecular weight excluding hydrogens is 350 g/mol. The highest BCUT2D eigenvalue weighted by Gasteiger charge is 2.40. The van der Waals surface area contributed by atoms with E-state index in [-0.39, 0.29) is 12.3 Å². The number of thiophene rings is 1. The molecule has 0 radical (unpaired) electrons. The first-order chi connectivity index (χ1) is 12.4. The number of nitrogens with one attached hydrogen (secondary N) is 1. The summed E-state index contributed by atoms with van der Waals surface area (Å²) in [5, 5.41) is 22.7. The number of anilines is 1. The van der Waals surface area contributed by atoms with Crippen LogP contribution in [0.25, 0.3) is 0 Å². The molecule has 0 aromatic carbocycles. The SMILES string of the molecule is CN1CCc2c(sc(NC(=O)CC3(C(=O)O)CCCCCC3)c2C#N)C1. The maximum absolute atomic E-state index is 12.7. The Morgan fingerprint density at radius 1 is 1.31 bits per heavy atom. The molecule has 1 amide bonds. The average Bonchev–Trinajstić information content (AvgIpc) is 2.76. The second-order valence-electron chi connectivity index (χ2n) is 7.53. The van der Waals surface area contributed by atoms with Crippen molar-refractivity contribution in [2.75, 3.05) is 18.9 Å². The molecule has 2 heterocycles. The Hall–Kier alpha value is -1.91. The second-order valence-corrected chi connectivity index (χ2v) is 8.64. The summed E-state index contributed by atoms with van der Waals surface area (Å²) in [4.78, 5) is 27.9. The van der Waals surface area contributed by atoms with Crippen LogP contribution in [0.15, 0.2) is 0 Å². The highest BCUT2D eigenvalue weighted by atomic mass is 32.1. The normalized spacial score (nSPS) is 19.8. The molecule has 1 aliphatic heterocycles. The molecule has 3 rings (SSSR count). The Kier molecular flexibility index (Phi) is 5.64. The Morgan fingerprint density at radius 3 is 2.62 bits per heavy atom. The van der Waals surface area contributed by atoms with Crippen molar-refractivity contribution >= 4 is 28.2 Å². The molecule has 1 saturated carbocycles. The van der Waals surface area contributed by atoms with Gasteiger partial charge in [0.15, 0.2) is 0 Å². The van der Waals surface area contributed by atoms with E-state index in [1.54, 1.807) is 0 Å². The summed E-state index contributed by atoms with van der Waals surface area (Å²) in [7, 11) is 2.04. The lowest BCUT2D eigenvalue weighted by molar-refractivity contribution is -0.152. The zero-order valence-corrected chi connectivity index (χ0v) is 16.0. The highest BCUT2D eigenvalue weighted by molar-refractivity contribution is 7.16. The standard InChI is InChI=1S/C19H25N3O3S/c1-22-9-6-13-14(11-20)17(26-15(13)12-22)21-16(23)10-19(18(24)25)7-4-2-3-5-8-19/h2-10,12H2,1H3,(H,21,23)(H,24,25). The maximum Gasteiger partial charge on any atom is 0.310 e. The third-order valence-electron chi connectivity index (χ3n) is 5.63. The number of carboxylic acids is 1. The zero-order valence-electron chi connectivity index (χ0n) is 15.1. The number of fused-ring (bicyclic) bond motifs is 1. The van der Waals surface area contributed by atoms with Crippen LogP contribution in [0.2, 0.25) is 0 Å². The van der Waals surface area contributed by atoms with Crippen LogP contribution in [-0.2, 0) is 22.6 Å². The van der Waals surface area contributed by atoms with Gasteiger partial charge < -0.3 is 15.3 Å². The minimum Gasteiger partial charge on any atom is -0.481 e. The van der Waals surface area contributed by atoms with Crippen molar-refractivity contribution in [1.29, 1.82) is 5.26 Å². The van der Waals surface area contributed by atoms with Gasteiger partial charge in [-0.25, -0.2) is 0 Å². The van der Waals surface area contributed by atoms with Gasteiger partial charge in [0.05, 0.1) is 11.0 Å². The Balaban J connectivity index is 1.77. The van der Waals surface area contributed by atoms with Crippen molar-refractivity contribution in [3.8, 4) is 6.07 Å². The van der Waals surface area contributed by atoms with Crippen molar-refractivity contribution in [2.24, 2.45) is 5.41 Å². The fourth-order valence-electron chi connectivity index (χ4n) is 4.09. The summed E-state index contributed by atoms with van der Waals surface area (Å²) in [5.74, 6) is -1.17. The summed E-state index contributed by atoms with van der Waals surface area (Å²) in [6.45, 7) is 1.68. The predicted octanol–water partition coefficient (Wildman–Crippen LogP) is 3.36. The molecular formula is C19H25N3O3S. The predicted molar refractivity (Wildman–Crippen MR) is 100 cm³/mol. The number of aliphatic carboxylic acids is 1. The van der Waals surface area contributed by atoms with Gasteiger partial charge in [0, 0.05) is 24.4 Å². The number of carbonyl (C=O) groups excluding carboxylic acids is 1. The van der Waals surface area contributed by atoms with Crippen LogP contribution < -0.4 is 5.32 Å². The van der Waals surface area contributed by atoms with Crippen molar-refractivity contribution < 1.29 is 14.7 Å². The number of rotatable bonds is 4. The number of carbonyl (C=O) groups is 2. The molecule has 1 aromatic heterocycles. The van der Waals surface area contributed by atoms with E-state index >= 15 is 0 Å². The first kappa shape index (κ1) is 18.9. The van der Waals surface area contributed by atoms with Gasteiger partial charge in [0.25, 0.3) is 0 Å². The number of nitriles is 1. The van der Waals surface area contributed by atoms with E-state index in [1.165, 1.54) is 11.3 Å². The van der Waals surface area contributed by atoms with Crippen molar-refractivity contribution in [3.05, 3.63) is 16.0 Å². The van der Waals surface area contributed by atoms with Crippen LogP contribution in [0.1, 0.15) is 60.9 Å². The van der Waals surface area contributed by atoms with E-state index in [0.717, 1.165) is 55.6 Å². The van der Waals surface area contributed by atoms with Crippen molar-refractivity contribution in [3.63, 3.8) is 0 Å². The van der Waals surface area contributed by atoms with Gasteiger partial charge in [-0.3, -0.25) is 9.59 Å². The number of likely N-dealkylation sites (N-methyl/N-ethyl adjacent to an activating group) is 1. The summed E-state index contributed by atoms with van der Waals surface area (Å²) in [5.41, 5.74) is 0.620. The fourth-order valence-corrected chi connectivity index (χ4v) is 5.38. The molecule has 6 nitrogen and oxygen atoms in total. The van der Waals surface area contributed by atoms with Gasteiger partial charge >= 0.3 is 5.97 Å². The summed E-state index contributed by atoms with van der Waals surface area (Å²) in [6, 6.07) is 2.23. The van der Waals surface area contributed by atoms with Gasteiger partial charge in [-0.05, 0) is 31.9 Å². The number of hydrogen-bond donors (Lipinski definition) is 2. The van der Waals surface area contributed by atoms with Gasteiger partial charge in [-0.1, -0.05) is 25.7 Å². The largest absolute Gasteiger partial charge is 0.481 e. The first-order valence-electron chi connectivity index (χ1n) is 9.21. The van der Waals surface area contributed by atoms with Gasteiger partial charge in [-0.15, -0.1) is 11.3 Å². The molecule has 2 N–H and O–H groups in total. The van der Waals surface area contributed by atoms with Crippen LogP contribution in [-0.4, -0.2) is 35.5 Å². The van der Waals surface area contributed by atoms with Gasteiger partial charge in [0.1, 0.15) is 11.1 Å². The number of nitrogens with zero attached hydrogens (tertiary/aromatic N) is 2. The van der Waals surface area contributed by atoms with Crippen LogP contribution >= 0.6 is 11.3 Å². The molecule has 0 spiro atoms. The Bertz CT molecular complexity index is 742. The molecule has 1 aliphatic carbocycles. The van der Waals surface area contributed by atoms with Crippen LogP contribution in [0.5, 0.6) is 0 Å². The van der Waals surface area contributed by atoms with Crippen LogP contribution in [0.4, 0.5) is 5.00 Å². The minimum atomic E-state index is -0.968. The monoisotopic (exact) mass is 375 g/mol. The molecule has 0 atom stereocenters. The van der Waals surface area contributed by atoms with Crippen molar-refractivity contribution in [1.82, 2.24) is 4.90 Å². The van der Waals surface area contributed by atoms with Gasteiger partial charge in [0.2, 0.25) is 5.91 Å². The molecule has 1 fully saturated rings. The van der Waals surface area contributed by atoms with E-state index in [1.807, 2.05) is 7.05 Å². The Labute approximate surface area is 157 Å². The minimum absolute atomic E-state index is 0.0182. The zero-order chi connectivity index (χ0) is 18.7. The molecule has 7 heteroatoms. The molecule has 0 saturated heterocycles. The summed E-state index contributed by atoms with van der Waals surface area (Å²) < 4.78 is 0. The first-order valence-corrected chi connectivity index (χ1v) is 10.0. The summed E-state index contributed by atoms with van der Waals surface area (Å²) in [6.07, 6.45) is 5.64. The number of hydrogen-bond acceptors (Lipinski definition) is 5.